The summed E-state index contributed by atoms with van der Waals surface area (Å²) in [7, 11) is 0. The van der Waals surface area contributed by atoms with E-state index in [2.05, 4.69) is 27.5 Å². The minimum absolute atomic E-state index is 0.0321. The zero-order chi connectivity index (χ0) is 21.1. The standard InChI is InChI=1S/C24H31N3O3/c1-17-21(18(2)30-26-17)12-14-27-15-13-24(22(28)16-27,20-10-4-3-5-11-20)25-23(29)19-8-6-7-9-19/h3-7,10-11,19,22,28H,8-9,12-16H2,1-2H3,(H,25,29)/t22-,24-/m1/s1. The third-order valence-corrected chi connectivity index (χ3v) is 6.70. The molecular weight excluding hydrogens is 378 g/mol. The molecule has 30 heavy (non-hydrogen) atoms. The Morgan fingerprint density at radius 3 is 2.63 bits per heavy atom. The molecule has 2 N–H and O–H groups in total. The molecule has 1 fully saturated rings. The molecule has 160 valence electrons. The molecule has 0 spiro atoms. The Morgan fingerprint density at radius 1 is 1.27 bits per heavy atom. The maximum absolute atomic E-state index is 13.0. The van der Waals surface area contributed by atoms with Gasteiger partial charge >= 0.3 is 0 Å². The first-order valence-corrected chi connectivity index (χ1v) is 10.8. The number of aliphatic hydroxyl groups excluding tert-OH is 1. The number of carbonyl (C=O) groups is 1. The predicted octanol–water partition coefficient (Wildman–Crippen LogP) is 2.88. The van der Waals surface area contributed by atoms with E-state index in [4.69, 9.17) is 4.52 Å². The van der Waals surface area contributed by atoms with Crippen molar-refractivity contribution in [1.82, 2.24) is 15.4 Å². The van der Waals surface area contributed by atoms with Crippen LogP contribution in [0.15, 0.2) is 47.0 Å². The van der Waals surface area contributed by atoms with Crippen molar-refractivity contribution in [3.63, 3.8) is 0 Å². The third kappa shape index (κ3) is 4.07. The molecule has 2 heterocycles. The molecule has 1 aliphatic carbocycles. The summed E-state index contributed by atoms with van der Waals surface area (Å²) in [6.07, 6.45) is 6.50. The summed E-state index contributed by atoms with van der Waals surface area (Å²) in [4.78, 5) is 15.2. The number of benzene rings is 1. The van der Waals surface area contributed by atoms with Crippen LogP contribution in [-0.4, -0.2) is 46.8 Å². The molecule has 0 radical (unpaired) electrons. The van der Waals surface area contributed by atoms with Crippen molar-refractivity contribution in [2.75, 3.05) is 19.6 Å². The lowest BCUT2D eigenvalue weighted by Crippen LogP contribution is -2.62. The van der Waals surface area contributed by atoms with Gasteiger partial charge in [0.05, 0.1) is 17.3 Å². The van der Waals surface area contributed by atoms with Gasteiger partial charge in [0.25, 0.3) is 0 Å². The lowest BCUT2D eigenvalue weighted by atomic mass is 9.78. The summed E-state index contributed by atoms with van der Waals surface area (Å²) in [5.74, 6) is 0.864. The highest BCUT2D eigenvalue weighted by Gasteiger charge is 2.45. The summed E-state index contributed by atoms with van der Waals surface area (Å²) in [6.45, 7) is 6.05. The van der Waals surface area contributed by atoms with E-state index in [9.17, 15) is 9.90 Å². The van der Waals surface area contributed by atoms with Gasteiger partial charge in [-0.25, -0.2) is 0 Å². The largest absolute Gasteiger partial charge is 0.389 e. The molecule has 1 aromatic carbocycles. The molecule has 6 heteroatoms. The number of aryl methyl sites for hydroxylation is 2. The van der Waals surface area contributed by atoms with Crippen LogP contribution >= 0.6 is 0 Å². The lowest BCUT2D eigenvalue weighted by molar-refractivity contribution is -0.130. The van der Waals surface area contributed by atoms with Gasteiger partial charge in [0.2, 0.25) is 5.91 Å². The zero-order valence-corrected chi connectivity index (χ0v) is 17.8. The predicted molar refractivity (Wildman–Crippen MR) is 115 cm³/mol. The number of hydrogen-bond acceptors (Lipinski definition) is 5. The quantitative estimate of drug-likeness (QED) is 0.718. The van der Waals surface area contributed by atoms with Crippen molar-refractivity contribution in [3.05, 3.63) is 65.1 Å². The van der Waals surface area contributed by atoms with E-state index >= 15 is 0 Å². The topological polar surface area (TPSA) is 78.6 Å². The third-order valence-electron chi connectivity index (χ3n) is 6.70. The van der Waals surface area contributed by atoms with Crippen molar-refractivity contribution in [3.8, 4) is 0 Å². The van der Waals surface area contributed by atoms with Gasteiger partial charge in [-0.05, 0) is 45.1 Å². The fraction of sp³-hybridized carbons (Fsp3) is 0.500. The first kappa shape index (κ1) is 20.8. The number of carbonyl (C=O) groups excluding carboxylic acids is 1. The van der Waals surface area contributed by atoms with Gasteiger partial charge in [-0.2, -0.15) is 0 Å². The van der Waals surface area contributed by atoms with Crippen LogP contribution in [0.1, 0.15) is 41.8 Å². The molecule has 0 saturated carbocycles. The van der Waals surface area contributed by atoms with Crippen LogP contribution in [0.25, 0.3) is 0 Å². The molecule has 0 unspecified atom stereocenters. The van der Waals surface area contributed by atoms with Crippen molar-refractivity contribution in [2.45, 2.75) is 51.2 Å². The maximum Gasteiger partial charge on any atom is 0.224 e. The number of amides is 1. The van der Waals surface area contributed by atoms with Crippen LogP contribution in [0.3, 0.4) is 0 Å². The average molecular weight is 410 g/mol. The van der Waals surface area contributed by atoms with Gasteiger partial charge in [0, 0.05) is 31.1 Å². The number of β-amino-alcohol motifs (C(OH)–C–C–N with tert-alkyl or cyclic N) is 1. The number of piperidine rings is 1. The van der Waals surface area contributed by atoms with Crippen LogP contribution < -0.4 is 5.32 Å². The monoisotopic (exact) mass is 409 g/mol. The Labute approximate surface area is 177 Å². The Kier molecular flexibility index (Phi) is 6.06. The van der Waals surface area contributed by atoms with Gasteiger partial charge in [-0.3, -0.25) is 4.79 Å². The number of nitrogens with zero attached hydrogens (tertiary/aromatic N) is 2. The van der Waals surface area contributed by atoms with Gasteiger partial charge in [-0.15, -0.1) is 0 Å². The van der Waals surface area contributed by atoms with Crippen LogP contribution in [0.5, 0.6) is 0 Å². The Balaban J connectivity index is 1.48. The van der Waals surface area contributed by atoms with E-state index in [1.54, 1.807) is 0 Å². The molecule has 6 nitrogen and oxygen atoms in total. The Bertz CT molecular complexity index is 880. The van der Waals surface area contributed by atoms with E-state index in [0.717, 1.165) is 54.9 Å². The van der Waals surface area contributed by atoms with E-state index < -0.39 is 11.6 Å². The number of nitrogens with one attached hydrogen (secondary N) is 1. The number of aliphatic hydroxyl groups is 1. The molecule has 4 rings (SSSR count). The number of allylic oxidation sites excluding steroid dienone is 2. The van der Waals surface area contributed by atoms with Crippen molar-refractivity contribution < 1.29 is 14.4 Å². The lowest BCUT2D eigenvalue weighted by Gasteiger charge is -2.47. The molecule has 2 aromatic rings. The van der Waals surface area contributed by atoms with E-state index in [0.29, 0.717) is 13.0 Å². The first-order valence-electron chi connectivity index (χ1n) is 10.8. The van der Waals surface area contributed by atoms with Crippen LogP contribution in [0, 0.1) is 19.8 Å². The highest BCUT2D eigenvalue weighted by atomic mass is 16.5. The second-order valence-corrected chi connectivity index (χ2v) is 8.59. The summed E-state index contributed by atoms with van der Waals surface area (Å²) in [5, 5.41) is 18.6. The summed E-state index contributed by atoms with van der Waals surface area (Å²) in [6, 6.07) is 9.92. The van der Waals surface area contributed by atoms with Crippen LogP contribution in [0.4, 0.5) is 0 Å². The highest BCUT2D eigenvalue weighted by Crippen LogP contribution is 2.34. The molecule has 2 atom stereocenters. The minimum atomic E-state index is -0.750. The smallest absolute Gasteiger partial charge is 0.224 e. The Hall–Kier alpha value is -2.44. The summed E-state index contributed by atoms with van der Waals surface area (Å²) in [5.41, 5.74) is 2.30. The highest BCUT2D eigenvalue weighted by molar-refractivity contribution is 5.80. The molecular formula is C24H31N3O3. The van der Waals surface area contributed by atoms with Gasteiger partial charge in [0.1, 0.15) is 5.76 Å². The minimum Gasteiger partial charge on any atom is -0.389 e. The molecule has 1 saturated heterocycles. The van der Waals surface area contributed by atoms with Crippen molar-refractivity contribution in [2.24, 2.45) is 5.92 Å². The molecule has 2 aliphatic rings. The second kappa shape index (κ2) is 8.74. The fourth-order valence-electron chi connectivity index (χ4n) is 4.77. The average Bonchev–Trinajstić information content (AvgIpc) is 3.40. The molecule has 0 bridgehead atoms. The molecule has 1 aromatic heterocycles. The number of rotatable bonds is 6. The van der Waals surface area contributed by atoms with Gasteiger partial charge < -0.3 is 19.8 Å². The number of aromatic nitrogens is 1. The fourth-order valence-corrected chi connectivity index (χ4v) is 4.77. The van der Waals surface area contributed by atoms with Gasteiger partial charge in [-0.1, -0.05) is 47.6 Å². The second-order valence-electron chi connectivity index (χ2n) is 8.59. The van der Waals surface area contributed by atoms with Crippen molar-refractivity contribution >= 4 is 5.91 Å². The van der Waals surface area contributed by atoms with E-state index in [1.165, 1.54) is 0 Å². The summed E-state index contributed by atoms with van der Waals surface area (Å²) < 4.78 is 5.27. The normalized spacial score (nSPS) is 25.0. The van der Waals surface area contributed by atoms with Crippen molar-refractivity contribution in [1.29, 1.82) is 0 Å². The first-order chi connectivity index (χ1) is 14.5. The summed E-state index contributed by atoms with van der Waals surface area (Å²) >= 11 is 0. The van der Waals surface area contributed by atoms with Crippen LogP contribution in [0.2, 0.25) is 0 Å². The van der Waals surface area contributed by atoms with E-state index in [1.807, 2.05) is 44.2 Å². The number of hydrogen-bond donors (Lipinski definition) is 2. The Morgan fingerprint density at radius 2 is 2.00 bits per heavy atom. The van der Waals surface area contributed by atoms with E-state index in [-0.39, 0.29) is 11.8 Å². The number of likely N-dealkylation sites (tertiary alicyclic amines) is 1. The molecule has 1 amide bonds. The SMILES string of the molecule is Cc1noc(C)c1CCN1CC[C@@](NC(=O)C2CC=CC2)(c2ccccc2)[C@H](O)C1. The molecule has 1 aliphatic heterocycles. The van der Waals surface area contributed by atoms with Gasteiger partial charge in [0.15, 0.2) is 0 Å². The maximum atomic E-state index is 13.0. The zero-order valence-electron chi connectivity index (χ0n) is 17.8. The van der Waals surface area contributed by atoms with Crippen LogP contribution in [-0.2, 0) is 16.8 Å².